The maximum atomic E-state index is 5.63. The monoisotopic (exact) mass is 254 g/mol. The fourth-order valence-corrected chi connectivity index (χ4v) is 2.27. The highest BCUT2D eigenvalue weighted by Crippen LogP contribution is 2.19. The van der Waals surface area contributed by atoms with Crippen LogP contribution < -0.4 is 10.6 Å². The lowest BCUT2D eigenvalue weighted by atomic mass is 10.1. The Hall–Kier alpha value is -1.84. The summed E-state index contributed by atoms with van der Waals surface area (Å²) in [5, 5.41) is 6.75. The Bertz CT molecular complexity index is 521. The predicted octanol–water partition coefficient (Wildman–Crippen LogP) is 2.92. The van der Waals surface area contributed by atoms with Crippen LogP contribution in [0.2, 0.25) is 0 Å². The summed E-state index contributed by atoms with van der Waals surface area (Å²) in [6.45, 7) is 2.54. The molecule has 1 atom stereocenters. The van der Waals surface area contributed by atoms with E-state index in [0.717, 1.165) is 25.4 Å². The zero-order valence-electron chi connectivity index (χ0n) is 10.8. The summed E-state index contributed by atoms with van der Waals surface area (Å²) >= 11 is 0. The highest BCUT2D eigenvalue weighted by atomic mass is 16.5. The van der Waals surface area contributed by atoms with Gasteiger partial charge in [-0.05, 0) is 23.3 Å². The minimum atomic E-state index is 0.0525. The molecule has 0 radical (unpaired) electrons. The summed E-state index contributed by atoms with van der Waals surface area (Å²) in [6.07, 6.45) is 0.0525. The number of anilines is 1. The van der Waals surface area contributed by atoms with Crippen molar-refractivity contribution in [2.24, 2.45) is 0 Å². The van der Waals surface area contributed by atoms with Gasteiger partial charge >= 0.3 is 0 Å². The number of benzene rings is 2. The molecular weight excluding hydrogens is 236 g/mol. The van der Waals surface area contributed by atoms with Gasteiger partial charge in [0.2, 0.25) is 0 Å². The lowest BCUT2D eigenvalue weighted by Crippen LogP contribution is -2.14. The van der Waals surface area contributed by atoms with E-state index >= 15 is 0 Å². The van der Waals surface area contributed by atoms with E-state index in [1.54, 1.807) is 0 Å². The molecule has 0 aliphatic carbocycles. The minimum absolute atomic E-state index is 0.0525. The van der Waals surface area contributed by atoms with E-state index in [-0.39, 0.29) is 6.23 Å². The van der Waals surface area contributed by atoms with Gasteiger partial charge in [0.25, 0.3) is 0 Å². The van der Waals surface area contributed by atoms with Crippen molar-refractivity contribution in [3.05, 3.63) is 65.7 Å². The first-order valence-corrected chi connectivity index (χ1v) is 6.64. The molecule has 1 heterocycles. The van der Waals surface area contributed by atoms with E-state index in [2.05, 4.69) is 47.0 Å². The Morgan fingerprint density at radius 2 is 2.00 bits per heavy atom. The van der Waals surface area contributed by atoms with Gasteiger partial charge in [0.05, 0.1) is 6.61 Å². The van der Waals surface area contributed by atoms with Crippen molar-refractivity contribution in [2.75, 3.05) is 18.5 Å². The number of ether oxygens (including phenoxy) is 1. The molecule has 0 spiro atoms. The fraction of sp³-hybridized carbons (Fsp3) is 0.250. The number of hydrogen-bond donors (Lipinski definition) is 2. The van der Waals surface area contributed by atoms with Gasteiger partial charge < -0.3 is 10.1 Å². The van der Waals surface area contributed by atoms with Gasteiger partial charge in [-0.2, -0.15) is 0 Å². The number of nitrogens with one attached hydrogen (secondary N) is 2. The van der Waals surface area contributed by atoms with E-state index in [0.29, 0.717) is 0 Å². The molecule has 1 fully saturated rings. The third-order valence-electron chi connectivity index (χ3n) is 3.24. The van der Waals surface area contributed by atoms with Crippen LogP contribution in [0.25, 0.3) is 0 Å². The van der Waals surface area contributed by atoms with Crippen molar-refractivity contribution in [3.8, 4) is 0 Å². The molecule has 1 saturated heterocycles. The van der Waals surface area contributed by atoms with Crippen LogP contribution in [0.4, 0.5) is 5.69 Å². The summed E-state index contributed by atoms with van der Waals surface area (Å²) in [5.74, 6) is 0. The van der Waals surface area contributed by atoms with Crippen molar-refractivity contribution in [3.63, 3.8) is 0 Å². The second-order valence-corrected chi connectivity index (χ2v) is 4.67. The lowest BCUT2D eigenvalue weighted by molar-refractivity contribution is 0.102. The quantitative estimate of drug-likeness (QED) is 0.880. The lowest BCUT2D eigenvalue weighted by Gasteiger charge is -2.12. The fourth-order valence-electron chi connectivity index (χ4n) is 2.27. The zero-order chi connectivity index (χ0) is 12.9. The van der Waals surface area contributed by atoms with Crippen LogP contribution in [-0.2, 0) is 11.3 Å². The van der Waals surface area contributed by atoms with E-state index in [1.807, 2.05) is 18.2 Å². The van der Waals surface area contributed by atoms with Crippen molar-refractivity contribution in [2.45, 2.75) is 12.8 Å². The molecule has 0 aromatic heterocycles. The molecule has 2 aromatic carbocycles. The average Bonchev–Trinajstić information content (AvgIpc) is 3.01. The van der Waals surface area contributed by atoms with Crippen LogP contribution in [0.3, 0.4) is 0 Å². The van der Waals surface area contributed by atoms with Gasteiger partial charge in [-0.1, -0.05) is 42.5 Å². The zero-order valence-corrected chi connectivity index (χ0v) is 10.8. The maximum absolute atomic E-state index is 5.63. The molecule has 1 unspecified atom stereocenters. The van der Waals surface area contributed by atoms with Crippen LogP contribution >= 0.6 is 0 Å². The number of hydrogen-bond acceptors (Lipinski definition) is 3. The first kappa shape index (κ1) is 12.2. The van der Waals surface area contributed by atoms with Crippen LogP contribution in [0.1, 0.15) is 17.4 Å². The Morgan fingerprint density at radius 3 is 2.79 bits per heavy atom. The van der Waals surface area contributed by atoms with Gasteiger partial charge in [-0.15, -0.1) is 0 Å². The molecule has 2 aromatic rings. The van der Waals surface area contributed by atoms with Gasteiger partial charge in [-0.3, -0.25) is 5.32 Å². The minimum Gasteiger partial charge on any atom is -0.381 e. The third-order valence-corrected chi connectivity index (χ3v) is 3.24. The Kier molecular flexibility index (Phi) is 3.77. The second kappa shape index (κ2) is 5.87. The summed E-state index contributed by atoms with van der Waals surface area (Å²) in [5.41, 5.74) is 3.60. The largest absolute Gasteiger partial charge is 0.381 e. The van der Waals surface area contributed by atoms with Gasteiger partial charge in [0.15, 0.2) is 0 Å². The third kappa shape index (κ3) is 3.13. The SMILES string of the molecule is c1ccc(NCc2cccc(C3NCCO3)c2)cc1. The van der Waals surface area contributed by atoms with Crippen molar-refractivity contribution < 1.29 is 4.74 Å². The summed E-state index contributed by atoms with van der Waals surface area (Å²) < 4.78 is 5.63. The topological polar surface area (TPSA) is 33.3 Å². The molecular formula is C16H18N2O. The first-order chi connectivity index (χ1) is 9.42. The van der Waals surface area contributed by atoms with Crippen LogP contribution in [0, 0.1) is 0 Å². The molecule has 98 valence electrons. The Balaban J connectivity index is 1.66. The van der Waals surface area contributed by atoms with Crippen molar-refractivity contribution >= 4 is 5.69 Å². The smallest absolute Gasteiger partial charge is 0.134 e. The van der Waals surface area contributed by atoms with Crippen LogP contribution in [-0.4, -0.2) is 13.2 Å². The van der Waals surface area contributed by atoms with Gasteiger partial charge in [0.1, 0.15) is 6.23 Å². The Morgan fingerprint density at radius 1 is 1.11 bits per heavy atom. The van der Waals surface area contributed by atoms with E-state index < -0.39 is 0 Å². The molecule has 3 rings (SSSR count). The highest BCUT2D eigenvalue weighted by Gasteiger charge is 2.16. The molecule has 19 heavy (non-hydrogen) atoms. The van der Waals surface area contributed by atoms with Crippen molar-refractivity contribution in [1.29, 1.82) is 0 Å². The molecule has 2 N–H and O–H groups in total. The Labute approximate surface area is 113 Å². The number of para-hydroxylation sites is 1. The van der Waals surface area contributed by atoms with Crippen molar-refractivity contribution in [1.82, 2.24) is 5.32 Å². The summed E-state index contributed by atoms with van der Waals surface area (Å²) in [7, 11) is 0. The van der Waals surface area contributed by atoms with Gasteiger partial charge in [-0.25, -0.2) is 0 Å². The second-order valence-electron chi connectivity index (χ2n) is 4.67. The molecule has 0 bridgehead atoms. The normalized spacial score (nSPS) is 18.4. The predicted molar refractivity (Wildman–Crippen MR) is 76.9 cm³/mol. The van der Waals surface area contributed by atoms with E-state index in [1.165, 1.54) is 11.1 Å². The molecule has 1 aliphatic heterocycles. The summed E-state index contributed by atoms with van der Waals surface area (Å²) in [4.78, 5) is 0. The van der Waals surface area contributed by atoms with Gasteiger partial charge in [0, 0.05) is 18.8 Å². The molecule has 1 aliphatic rings. The van der Waals surface area contributed by atoms with E-state index in [9.17, 15) is 0 Å². The highest BCUT2D eigenvalue weighted by molar-refractivity contribution is 5.43. The van der Waals surface area contributed by atoms with Crippen LogP contribution in [0.5, 0.6) is 0 Å². The first-order valence-electron chi connectivity index (χ1n) is 6.64. The molecule has 3 nitrogen and oxygen atoms in total. The number of rotatable bonds is 4. The average molecular weight is 254 g/mol. The standard InChI is InChI=1S/C16H18N2O/c1-2-7-15(8-3-1)18-12-13-5-4-6-14(11-13)16-17-9-10-19-16/h1-8,11,16-18H,9-10,12H2. The molecule has 0 amide bonds. The molecule has 0 saturated carbocycles. The summed E-state index contributed by atoms with van der Waals surface area (Å²) in [6, 6.07) is 18.8. The van der Waals surface area contributed by atoms with Crippen LogP contribution in [0.15, 0.2) is 54.6 Å². The van der Waals surface area contributed by atoms with E-state index in [4.69, 9.17) is 4.74 Å². The maximum Gasteiger partial charge on any atom is 0.134 e. The molecule has 3 heteroatoms.